The van der Waals surface area contributed by atoms with Gasteiger partial charge in [-0.05, 0) is 46.2 Å². The molecule has 1 aliphatic carbocycles. The second-order valence-electron chi connectivity index (χ2n) is 10.2. The van der Waals surface area contributed by atoms with Crippen LogP contribution >= 0.6 is 0 Å². The van der Waals surface area contributed by atoms with Crippen molar-refractivity contribution in [1.82, 2.24) is 9.55 Å². The van der Waals surface area contributed by atoms with Crippen LogP contribution in [-0.2, 0) is 0 Å². The van der Waals surface area contributed by atoms with E-state index in [1.54, 1.807) is 0 Å². The number of aromatic amines is 1. The van der Waals surface area contributed by atoms with Crippen LogP contribution in [-0.4, -0.2) is 9.55 Å². The molecule has 0 amide bonds. The van der Waals surface area contributed by atoms with Gasteiger partial charge in [0.05, 0.1) is 16.7 Å². The smallest absolute Gasteiger partial charge is 0.0619 e. The van der Waals surface area contributed by atoms with Gasteiger partial charge in [-0.2, -0.15) is 0 Å². The number of rotatable bonds is 2. The molecule has 2 heterocycles. The number of hydrogen-bond acceptors (Lipinski definition) is 0. The topological polar surface area (TPSA) is 20.7 Å². The van der Waals surface area contributed by atoms with Gasteiger partial charge < -0.3 is 9.55 Å². The van der Waals surface area contributed by atoms with Gasteiger partial charge in [0.15, 0.2) is 0 Å². The van der Waals surface area contributed by atoms with E-state index in [1.165, 1.54) is 82.7 Å². The molecule has 0 bridgehead atoms. The van der Waals surface area contributed by atoms with Crippen LogP contribution in [0.5, 0.6) is 0 Å². The average Bonchev–Trinajstić information content (AvgIpc) is 3.63. The van der Waals surface area contributed by atoms with E-state index < -0.39 is 0 Å². The Bertz CT molecular complexity index is 2220. The summed E-state index contributed by atoms with van der Waals surface area (Å²) in [5, 5.41) is 6.49. The van der Waals surface area contributed by atoms with Crippen molar-refractivity contribution in [1.29, 1.82) is 0 Å². The zero-order valence-corrected chi connectivity index (χ0v) is 20.6. The minimum Gasteiger partial charge on any atom is -0.354 e. The largest absolute Gasteiger partial charge is 0.354 e. The van der Waals surface area contributed by atoms with Crippen LogP contribution in [0, 0.1) is 0 Å². The van der Waals surface area contributed by atoms with Crippen molar-refractivity contribution in [3.63, 3.8) is 0 Å². The summed E-state index contributed by atoms with van der Waals surface area (Å²) in [5.74, 6) is 0. The molecule has 0 aliphatic heterocycles. The molecular formula is C36H22N2. The zero-order valence-electron chi connectivity index (χ0n) is 20.6. The van der Waals surface area contributed by atoms with E-state index in [2.05, 4.69) is 137 Å². The molecule has 0 fully saturated rings. The van der Waals surface area contributed by atoms with Crippen LogP contribution in [0.2, 0.25) is 0 Å². The molecule has 0 saturated carbocycles. The maximum Gasteiger partial charge on any atom is 0.0619 e. The molecule has 176 valence electrons. The zero-order chi connectivity index (χ0) is 24.8. The van der Waals surface area contributed by atoms with Gasteiger partial charge in [-0.15, -0.1) is 0 Å². The molecule has 1 N–H and O–H groups in total. The van der Waals surface area contributed by atoms with E-state index in [1.807, 2.05) is 0 Å². The van der Waals surface area contributed by atoms with Gasteiger partial charge in [0.1, 0.15) is 0 Å². The van der Waals surface area contributed by atoms with Crippen LogP contribution in [0.4, 0.5) is 0 Å². The maximum atomic E-state index is 3.81. The van der Waals surface area contributed by atoms with Crippen molar-refractivity contribution in [2.45, 2.75) is 0 Å². The number of nitrogens with zero attached hydrogens (tertiary/aromatic N) is 1. The fourth-order valence-electron chi connectivity index (χ4n) is 6.78. The first kappa shape index (κ1) is 20.0. The summed E-state index contributed by atoms with van der Waals surface area (Å²) in [6.45, 7) is 0. The Hall–Kier alpha value is -5.08. The van der Waals surface area contributed by atoms with E-state index in [4.69, 9.17) is 0 Å². The van der Waals surface area contributed by atoms with Gasteiger partial charge in [-0.1, -0.05) is 103 Å². The van der Waals surface area contributed by atoms with Crippen LogP contribution in [0.15, 0.2) is 127 Å². The Balaban J connectivity index is 1.45. The third-order valence-corrected chi connectivity index (χ3v) is 8.27. The van der Waals surface area contributed by atoms with E-state index in [0.717, 1.165) is 0 Å². The highest BCUT2D eigenvalue weighted by molar-refractivity contribution is 6.25. The van der Waals surface area contributed by atoms with E-state index in [-0.39, 0.29) is 0 Å². The fraction of sp³-hybridized carbons (Fsp3) is 0. The standard InChI is InChI=1S/C36H22N2/c1-2-12-23(13-3-1)38-31-21-5-4-14-24(31)26-16-8-17-27(36(26)38)25-15-9-20-30-33(25)34-28-18-6-10-22-11-7-19-29(32(22)28)35(34)37-30/h1-21,37H. The molecule has 2 aromatic heterocycles. The summed E-state index contributed by atoms with van der Waals surface area (Å²) in [5.41, 5.74) is 12.5. The minimum absolute atomic E-state index is 1.18. The molecule has 6 aromatic carbocycles. The van der Waals surface area contributed by atoms with Crippen LogP contribution in [0.25, 0.3) is 82.7 Å². The molecule has 2 heteroatoms. The number of para-hydroxylation sites is 3. The van der Waals surface area contributed by atoms with Gasteiger partial charge >= 0.3 is 0 Å². The summed E-state index contributed by atoms with van der Waals surface area (Å²) < 4.78 is 2.43. The van der Waals surface area contributed by atoms with E-state index in [0.29, 0.717) is 0 Å². The van der Waals surface area contributed by atoms with Crippen LogP contribution in [0.1, 0.15) is 0 Å². The van der Waals surface area contributed by atoms with Gasteiger partial charge in [0.25, 0.3) is 0 Å². The predicted octanol–water partition coefficient (Wildman–Crippen LogP) is 9.73. The van der Waals surface area contributed by atoms with Crippen molar-refractivity contribution in [2.24, 2.45) is 0 Å². The molecule has 0 atom stereocenters. The lowest BCUT2D eigenvalue weighted by Gasteiger charge is -2.13. The molecule has 2 nitrogen and oxygen atoms in total. The maximum absolute atomic E-state index is 3.81. The summed E-state index contributed by atoms with van der Waals surface area (Å²) in [6, 6.07) is 46.3. The van der Waals surface area contributed by atoms with E-state index >= 15 is 0 Å². The third kappa shape index (κ3) is 2.47. The second-order valence-corrected chi connectivity index (χ2v) is 10.2. The predicted molar refractivity (Wildman–Crippen MR) is 160 cm³/mol. The molecule has 0 radical (unpaired) electrons. The fourth-order valence-corrected chi connectivity index (χ4v) is 6.78. The number of nitrogens with one attached hydrogen (secondary N) is 1. The summed E-state index contributed by atoms with van der Waals surface area (Å²) in [6.07, 6.45) is 0. The third-order valence-electron chi connectivity index (χ3n) is 8.27. The van der Waals surface area contributed by atoms with Gasteiger partial charge in [0, 0.05) is 44.1 Å². The van der Waals surface area contributed by atoms with Crippen molar-refractivity contribution >= 4 is 43.5 Å². The average molecular weight is 483 g/mol. The Kier molecular flexibility index (Phi) is 3.82. The normalized spacial score (nSPS) is 12.2. The van der Waals surface area contributed by atoms with Crippen LogP contribution < -0.4 is 0 Å². The number of hydrogen-bond donors (Lipinski definition) is 1. The number of fused-ring (bicyclic) bond motifs is 8. The van der Waals surface area contributed by atoms with Gasteiger partial charge in [0.2, 0.25) is 0 Å². The quantitative estimate of drug-likeness (QED) is 0.253. The molecule has 0 unspecified atom stereocenters. The molecule has 38 heavy (non-hydrogen) atoms. The highest BCUT2D eigenvalue weighted by atomic mass is 15.0. The Morgan fingerprint density at radius 3 is 2.05 bits per heavy atom. The van der Waals surface area contributed by atoms with Crippen molar-refractivity contribution in [3.8, 4) is 39.2 Å². The monoisotopic (exact) mass is 482 g/mol. The number of aromatic nitrogens is 2. The molecular weight excluding hydrogens is 460 g/mol. The Morgan fingerprint density at radius 2 is 1.16 bits per heavy atom. The lowest BCUT2D eigenvalue weighted by Crippen LogP contribution is -1.95. The summed E-state index contributed by atoms with van der Waals surface area (Å²) in [4.78, 5) is 3.81. The van der Waals surface area contributed by atoms with Crippen LogP contribution in [0.3, 0.4) is 0 Å². The van der Waals surface area contributed by atoms with Gasteiger partial charge in [-0.25, -0.2) is 0 Å². The molecule has 8 aromatic rings. The highest BCUT2D eigenvalue weighted by Gasteiger charge is 2.27. The Morgan fingerprint density at radius 1 is 0.474 bits per heavy atom. The first-order valence-corrected chi connectivity index (χ1v) is 13.1. The lowest BCUT2D eigenvalue weighted by molar-refractivity contribution is 1.18. The van der Waals surface area contributed by atoms with E-state index in [9.17, 15) is 0 Å². The molecule has 9 rings (SSSR count). The first-order valence-electron chi connectivity index (χ1n) is 13.1. The molecule has 0 spiro atoms. The molecule has 1 aliphatic rings. The number of H-pyrrole nitrogens is 1. The van der Waals surface area contributed by atoms with Crippen molar-refractivity contribution < 1.29 is 0 Å². The van der Waals surface area contributed by atoms with Crippen molar-refractivity contribution in [2.75, 3.05) is 0 Å². The second kappa shape index (κ2) is 7.24. The minimum atomic E-state index is 1.18. The van der Waals surface area contributed by atoms with Crippen molar-refractivity contribution in [3.05, 3.63) is 127 Å². The van der Waals surface area contributed by atoms with Gasteiger partial charge in [-0.3, -0.25) is 0 Å². The first-order chi connectivity index (χ1) is 18.9. The SMILES string of the molecule is c1ccc(-n2c3ccccc3c3cccc(-c4cccc5[nH]c6c(c45)-c4cccc5cccc-6c45)c32)cc1. The molecule has 0 saturated heterocycles. The Labute approximate surface area is 219 Å². The lowest BCUT2D eigenvalue weighted by atomic mass is 9.94. The number of benzene rings is 6. The summed E-state index contributed by atoms with van der Waals surface area (Å²) >= 11 is 0. The highest BCUT2D eigenvalue weighted by Crippen LogP contribution is 2.52. The summed E-state index contributed by atoms with van der Waals surface area (Å²) in [7, 11) is 0.